The summed E-state index contributed by atoms with van der Waals surface area (Å²) in [5.74, 6) is 0.793. The lowest BCUT2D eigenvalue weighted by molar-refractivity contribution is 0.305. The van der Waals surface area contributed by atoms with Crippen LogP contribution in [0.1, 0.15) is 11.1 Å². The molecular weight excluding hydrogens is 257 g/mol. The van der Waals surface area contributed by atoms with Gasteiger partial charge in [-0.25, -0.2) is 4.98 Å². The molecule has 0 amide bonds. The van der Waals surface area contributed by atoms with E-state index in [0.29, 0.717) is 11.8 Å². The number of aryl methyl sites for hydroxylation is 1. The first-order valence-corrected chi connectivity index (χ1v) is 5.90. The van der Waals surface area contributed by atoms with Gasteiger partial charge in [-0.2, -0.15) is 0 Å². The number of nitrogens with zero attached hydrogens (tertiary/aromatic N) is 1. The summed E-state index contributed by atoms with van der Waals surface area (Å²) in [5.41, 5.74) is 1.97. The first kappa shape index (κ1) is 12.2. The van der Waals surface area contributed by atoms with Crippen molar-refractivity contribution in [3.05, 3.63) is 57.8 Å². The fourth-order valence-electron chi connectivity index (χ4n) is 1.37. The van der Waals surface area contributed by atoms with Crippen LogP contribution in [-0.2, 0) is 6.61 Å². The summed E-state index contributed by atoms with van der Waals surface area (Å²) in [7, 11) is 0. The van der Waals surface area contributed by atoms with Crippen molar-refractivity contribution < 1.29 is 4.74 Å². The molecule has 0 saturated carbocycles. The Morgan fingerprint density at radius 3 is 2.65 bits per heavy atom. The van der Waals surface area contributed by atoms with Gasteiger partial charge in [0, 0.05) is 16.8 Å². The molecule has 0 aliphatic heterocycles. The fraction of sp³-hybridized carbons (Fsp3) is 0.154. The molecule has 0 aliphatic rings. The van der Waals surface area contributed by atoms with E-state index in [2.05, 4.69) is 4.98 Å². The van der Waals surface area contributed by atoms with E-state index >= 15 is 0 Å². The summed E-state index contributed by atoms with van der Waals surface area (Å²) in [4.78, 5) is 3.99. The molecule has 17 heavy (non-hydrogen) atoms. The molecular formula is C13H11Cl2NO. The van der Waals surface area contributed by atoms with Gasteiger partial charge < -0.3 is 4.74 Å². The molecule has 0 bridgehead atoms. The van der Waals surface area contributed by atoms with E-state index in [1.54, 1.807) is 12.3 Å². The predicted octanol–water partition coefficient (Wildman–Crippen LogP) is 4.28. The van der Waals surface area contributed by atoms with E-state index in [-0.39, 0.29) is 0 Å². The zero-order valence-electron chi connectivity index (χ0n) is 9.28. The molecule has 0 N–H and O–H groups in total. The lowest BCUT2D eigenvalue weighted by Crippen LogP contribution is -1.96. The second-order valence-electron chi connectivity index (χ2n) is 3.69. The zero-order valence-corrected chi connectivity index (χ0v) is 10.8. The SMILES string of the molecule is Cc1cc(OCc2ccc(Cl)nc2)ccc1Cl. The van der Waals surface area contributed by atoms with E-state index < -0.39 is 0 Å². The van der Waals surface area contributed by atoms with Crippen molar-refractivity contribution in [1.29, 1.82) is 0 Å². The highest BCUT2D eigenvalue weighted by molar-refractivity contribution is 6.31. The van der Waals surface area contributed by atoms with Crippen molar-refractivity contribution in [1.82, 2.24) is 4.98 Å². The van der Waals surface area contributed by atoms with Crippen LogP contribution in [0.2, 0.25) is 10.2 Å². The maximum Gasteiger partial charge on any atom is 0.129 e. The Morgan fingerprint density at radius 2 is 2.00 bits per heavy atom. The lowest BCUT2D eigenvalue weighted by atomic mass is 10.2. The minimum absolute atomic E-state index is 0.464. The molecule has 0 aliphatic carbocycles. The lowest BCUT2D eigenvalue weighted by Gasteiger charge is -2.07. The number of hydrogen-bond acceptors (Lipinski definition) is 2. The quantitative estimate of drug-likeness (QED) is 0.775. The molecule has 0 spiro atoms. The maximum absolute atomic E-state index is 5.94. The summed E-state index contributed by atoms with van der Waals surface area (Å²) in [6.45, 7) is 2.41. The third-order valence-electron chi connectivity index (χ3n) is 2.32. The van der Waals surface area contributed by atoms with Crippen molar-refractivity contribution in [2.24, 2.45) is 0 Å². The van der Waals surface area contributed by atoms with Crippen LogP contribution in [0, 0.1) is 6.92 Å². The van der Waals surface area contributed by atoms with Crippen LogP contribution < -0.4 is 4.74 Å². The van der Waals surface area contributed by atoms with Gasteiger partial charge in [0.05, 0.1) is 0 Å². The zero-order chi connectivity index (χ0) is 12.3. The number of hydrogen-bond donors (Lipinski definition) is 0. The van der Waals surface area contributed by atoms with E-state index in [4.69, 9.17) is 27.9 Å². The largest absolute Gasteiger partial charge is 0.489 e. The number of ether oxygens (including phenoxy) is 1. The second-order valence-corrected chi connectivity index (χ2v) is 4.48. The van der Waals surface area contributed by atoms with Crippen molar-refractivity contribution in [2.45, 2.75) is 13.5 Å². The van der Waals surface area contributed by atoms with Crippen LogP contribution in [0.4, 0.5) is 0 Å². The molecule has 2 nitrogen and oxygen atoms in total. The van der Waals surface area contributed by atoms with Crippen LogP contribution in [0.3, 0.4) is 0 Å². The molecule has 2 aromatic rings. The van der Waals surface area contributed by atoms with Gasteiger partial charge in [-0.15, -0.1) is 0 Å². The van der Waals surface area contributed by atoms with E-state index in [1.165, 1.54) is 0 Å². The van der Waals surface area contributed by atoms with Gasteiger partial charge in [-0.1, -0.05) is 29.3 Å². The Kier molecular flexibility index (Phi) is 3.87. The topological polar surface area (TPSA) is 22.1 Å². The van der Waals surface area contributed by atoms with E-state index in [9.17, 15) is 0 Å². The summed E-state index contributed by atoms with van der Waals surface area (Å²) in [5, 5.41) is 1.22. The number of benzene rings is 1. The van der Waals surface area contributed by atoms with Gasteiger partial charge in [0.25, 0.3) is 0 Å². The van der Waals surface area contributed by atoms with Crippen LogP contribution in [-0.4, -0.2) is 4.98 Å². The summed E-state index contributed by atoms with van der Waals surface area (Å²) in [6, 6.07) is 9.21. The number of aromatic nitrogens is 1. The normalized spacial score (nSPS) is 10.3. The van der Waals surface area contributed by atoms with Crippen LogP contribution in [0.25, 0.3) is 0 Å². The molecule has 0 radical (unpaired) electrons. The van der Waals surface area contributed by atoms with Gasteiger partial charge >= 0.3 is 0 Å². The molecule has 2 rings (SSSR count). The Bertz CT molecular complexity index is 511. The average molecular weight is 268 g/mol. The molecule has 0 fully saturated rings. The fourth-order valence-corrected chi connectivity index (χ4v) is 1.59. The number of halogens is 2. The first-order chi connectivity index (χ1) is 8.15. The molecule has 0 saturated heterocycles. The van der Waals surface area contributed by atoms with Gasteiger partial charge in [-0.3, -0.25) is 0 Å². The Morgan fingerprint density at radius 1 is 1.18 bits per heavy atom. The van der Waals surface area contributed by atoms with E-state index in [1.807, 2.05) is 31.2 Å². The summed E-state index contributed by atoms with van der Waals surface area (Å²) in [6.07, 6.45) is 1.70. The van der Waals surface area contributed by atoms with E-state index in [0.717, 1.165) is 21.9 Å². The number of rotatable bonds is 3. The van der Waals surface area contributed by atoms with Gasteiger partial charge in [0.2, 0.25) is 0 Å². The highest BCUT2D eigenvalue weighted by Gasteiger charge is 2.00. The molecule has 1 aromatic heterocycles. The molecule has 4 heteroatoms. The van der Waals surface area contributed by atoms with Crippen molar-refractivity contribution in [3.8, 4) is 5.75 Å². The van der Waals surface area contributed by atoms with Crippen molar-refractivity contribution in [3.63, 3.8) is 0 Å². The van der Waals surface area contributed by atoms with Gasteiger partial charge in [0.15, 0.2) is 0 Å². The van der Waals surface area contributed by atoms with Gasteiger partial charge in [0.1, 0.15) is 17.5 Å². The molecule has 88 valence electrons. The average Bonchev–Trinajstić information content (AvgIpc) is 2.33. The third kappa shape index (κ3) is 3.35. The molecule has 1 heterocycles. The van der Waals surface area contributed by atoms with Crippen molar-refractivity contribution >= 4 is 23.2 Å². The van der Waals surface area contributed by atoms with Crippen molar-refractivity contribution in [2.75, 3.05) is 0 Å². The standard InChI is InChI=1S/C13H11Cl2NO/c1-9-6-11(3-4-12(9)14)17-8-10-2-5-13(15)16-7-10/h2-7H,8H2,1H3. The smallest absolute Gasteiger partial charge is 0.129 e. The third-order valence-corrected chi connectivity index (χ3v) is 2.97. The van der Waals surface area contributed by atoms with Crippen LogP contribution >= 0.6 is 23.2 Å². The first-order valence-electron chi connectivity index (χ1n) is 5.14. The highest BCUT2D eigenvalue weighted by Crippen LogP contribution is 2.21. The number of pyridine rings is 1. The van der Waals surface area contributed by atoms with Crippen LogP contribution in [0.5, 0.6) is 5.75 Å². The summed E-state index contributed by atoms with van der Waals surface area (Å²) < 4.78 is 5.63. The maximum atomic E-state index is 5.94. The molecule has 1 aromatic carbocycles. The monoisotopic (exact) mass is 267 g/mol. The Labute approximate surface area is 110 Å². The second kappa shape index (κ2) is 5.39. The Hall–Kier alpha value is -1.25. The summed E-state index contributed by atoms with van der Waals surface area (Å²) >= 11 is 11.6. The van der Waals surface area contributed by atoms with Crippen LogP contribution in [0.15, 0.2) is 36.5 Å². The molecule has 0 atom stereocenters. The highest BCUT2D eigenvalue weighted by atomic mass is 35.5. The van der Waals surface area contributed by atoms with Gasteiger partial charge in [-0.05, 0) is 36.8 Å². The predicted molar refractivity (Wildman–Crippen MR) is 69.8 cm³/mol. The minimum atomic E-state index is 0.464. The molecule has 0 unspecified atom stereocenters. The Balaban J connectivity index is 2.02. The minimum Gasteiger partial charge on any atom is -0.489 e.